The highest BCUT2D eigenvalue weighted by atomic mass is 32.2. The van der Waals surface area contributed by atoms with Crippen LogP contribution in [0.1, 0.15) is 29.1 Å². The molecule has 176 valence electrons. The zero-order valence-electron chi connectivity index (χ0n) is 19.5. The number of thioether (sulfide) groups is 1. The molecular formula is C24H27N7OS2. The lowest BCUT2D eigenvalue weighted by atomic mass is 10.1. The molecule has 2 aromatic heterocycles. The SMILES string of the molecule is Cc1ccc(C)c(-n2nnnc2SCC(=O)N2CCN([C@@H](C)c3nc4ccccc4s3)CC2)c1. The Labute approximate surface area is 207 Å². The van der Waals surface area contributed by atoms with Crippen LogP contribution in [0.3, 0.4) is 0 Å². The quantitative estimate of drug-likeness (QED) is 0.377. The van der Waals surface area contributed by atoms with Crippen LogP contribution >= 0.6 is 23.1 Å². The Kier molecular flexibility index (Phi) is 6.62. The topological polar surface area (TPSA) is 80.0 Å². The second-order valence-corrected chi connectivity index (χ2v) is 10.6. The van der Waals surface area contributed by atoms with Crippen molar-refractivity contribution in [2.45, 2.75) is 32.0 Å². The summed E-state index contributed by atoms with van der Waals surface area (Å²) in [5.74, 6) is 0.436. The molecule has 1 amide bonds. The number of para-hydroxylation sites is 1. The molecule has 1 aliphatic rings. The zero-order valence-corrected chi connectivity index (χ0v) is 21.1. The van der Waals surface area contributed by atoms with E-state index in [9.17, 15) is 4.79 Å². The normalized spacial score (nSPS) is 15.7. The predicted octanol–water partition coefficient (Wildman–Crippen LogP) is 3.89. The van der Waals surface area contributed by atoms with Gasteiger partial charge in [-0.2, -0.15) is 4.68 Å². The maximum absolute atomic E-state index is 12.9. The molecule has 8 nitrogen and oxygen atoms in total. The number of carbonyl (C=O) groups is 1. The molecule has 1 fully saturated rings. The number of carbonyl (C=O) groups excluding carboxylic acids is 1. The fourth-order valence-corrected chi connectivity index (χ4v) is 6.01. The summed E-state index contributed by atoms with van der Waals surface area (Å²) in [6.07, 6.45) is 0. The van der Waals surface area contributed by atoms with E-state index in [1.54, 1.807) is 16.0 Å². The number of rotatable bonds is 6. The fourth-order valence-electron chi connectivity index (χ4n) is 4.17. The van der Waals surface area contributed by atoms with Gasteiger partial charge in [-0.3, -0.25) is 9.69 Å². The zero-order chi connectivity index (χ0) is 23.7. The van der Waals surface area contributed by atoms with Gasteiger partial charge in [-0.1, -0.05) is 36.0 Å². The van der Waals surface area contributed by atoms with Crippen molar-refractivity contribution < 1.29 is 4.79 Å². The third-order valence-corrected chi connectivity index (χ3v) is 8.35. The maximum Gasteiger partial charge on any atom is 0.233 e. The van der Waals surface area contributed by atoms with Crippen molar-refractivity contribution in [2.75, 3.05) is 31.9 Å². The van der Waals surface area contributed by atoms with Gasteiger partial charge in [0, 0.05) is 26.2 Å². The van der Waals surface area contributed by atoms with E-state index in [1.165, 1.54) is 16.5 Å². The Morgan fingerprint density at radius 3 is 2.71 bits per heavy atom. The largest absolute Gasteiger partial charge is 0.339 e. The summed E-state index contributed by atoms with van der Waals surface area (Å²) in [6.45, 7) is 9.40. The highest BCUT2D eigenvalue weighted by molar-refractivity contribution is 7.99. The van der Waals surface area contributed by atoms with E-state index in [-0.39, 0.29) is 11.9 Å². The van der Waals surface area contributed by atoms with Crippen molar-refractivity contribution in [1.82, 2.24) is 35.0 Å². The van der Waals surface area contributed by atoms with Crippen LogP contribution in [-0.2, 0) is 4.79 Å². The predicted molar refractivity (Wildman–Crippen MR) is 136 cm³/mol. The number of hydrogen-bond acceptors (Lipinski definition) is 8. The molecule has 0 spiro atoms. The van der Waals surface area contributed by atoms with Gasteiger partial charge in [0.2, 0.25) is 11.1 Å². The molecule has 3 heterocycles. The van der Waals surface area contributed by atoms with Crippen LogP contribution in [-0.4, -0.2) is 72.8 Å². The van der Waals surface area contributed by atoms with Crippen molar-refractivity contribution >= 4 is 39.2 Å². The number of tetrazole rings is 1. The van der Waals surface area contributed by atoms with Gasteiger partial charge < -0.3 is 4.90 Å². The minimum atomic E-state index is 0.118. The molecule has 0 radical (unpaired) electrons. The number of aryl methyl sites for hydroxylation is 2. The molecular weight excluding hydrogens is 466 g/mol. The number of fused-ring (bicyclic) bond motifs is 1. The van der Waals surface area contributed by atoms with E-state index in [4.69, 9.17) is 4.98 Å². The smallest absolute Gasteiger partial charge is 0.233 e. The molecule has 0 unspecified atom stereocenters. The lowest BCUT2D eigenvalue weighted by Crippen LogP contribution is -2.49. The molecule has 1 aliphatic heterocycles. The Balaban J connectivity index is 1.17. The van der Waals surface area contributed by atoms with Gasteiger partial charge in [-0.05, 0) is 60.5 Å². The molecule has 0 bridgehead atoms. The first kappa shape index (κ1) is 22.9. The Morgan fingerprint density at radius 2 is 1.91 bits per heavy atom. The first-order chi connectivity index (χ1) is 16.5. The van der Waals surface area contributed by atoms with E-state index in [0.717, 1.165) is 53.5 Å². The third kappa shape index (κ3) is 4.70. The summed E-state index contributed by atoms with van der Waals surface area (Å²) < 4.78 is 2.94. The molecule has 2 aromatic carbocycles. The molecule has 0 N–H and O–H groups in total. The van der Waals surface area contributed by atoms with Gasteiger partial charge in [0.1, 0.15) is 5.01 Å². The number of amides is 1. The van der Waals surface area contributed by atoms with Crippen LogP contribution < -0.4 is 0 Å². The van der Waals surface area contributed by atoms with Crippen LogP contribution in [0.15, 0.2) is 47.6 Å². The minimum Gasteiger partial charge on any atom is -0.339 e. The molecule has 34 heavy (non-hydrogen) atoms. The van der Waals surface area contributed by atoms with E-state index >= 15 is 0 Å². The van der Waals surface area contributed by atoms with Crippen LogP contribution in [0.2, 0.25) is 0 Å². The number of hydrogen-bond donors (Lipinski definition) is 0. The number of piperazine rings is 1. The molecule has 0 saturated carbocycles. The Hall–Kier alpha value is -2.82. The second-order valence-electron chi connectivity index (χ2n) is 8.56. The number of benzene rings is 2. The standard InChI is InChI=1S/C24H27N7OS2/c1-16-8-9-17(2)20(14-16)31-24(26-27-28-31)33-15-22(32)30-12-10-29(11-13-30)18(3)23-25-19-6-4-5-7-21(19)34-23/h4-9,14,18H,10-13,15H2,1-3H3/t18-/m0/s1. The van der Waals surface area contributed by atoms with Crippen LogP contribution in [0.4, 0.5) is 0 Å². The summed E-state index contributed by atoms with van der Waals surface area (Å²) in [6, 6.07) is 14.7. The number of nitrogens with zero attached hydrogens (tertiary/aromatic N) is 7. The Bertz CT molecular complexity index is 1280. The summed E-state index contributed by atoms with van der Waals surface area (Å²) >= 11 is 3.14. The van der Waals surface area contributed by atoms with Crippen LogP contribution in [0.25, 0.3) is 15.9 Å². The average Bonchev–Trinajstić information content (AvgIpc) is 3.50. The minimum absolute atomic E-state index is 0.118. The third-order valence-electron chi connectivity index (χ3n) is 6.24. The first-order valence-electron chi connectivity index (χ1n) is 11.4. The first-order valence-corrected chi connectivity index (χ1v) is 13.2. The van der Waals surface area contributed by atoms with Gasteiger partial charge in [0.15, 0.2) is 0 Å². The molecule has 10 heteroatoms. The Morgan fingerprint density at radius 1 is 1.12 bits per heavy atom. The van der Waals surface area contributed by atoms with E-state index < -0.39 is 0 Å². The monoisotopic (exact) mass is 493 g/mol. The highest BCUT2D eigenvalue weighted by Gasteiger charge is 2.26. The van der Waals surface area contributed by atoms with E-state index in [0.29, 0.717) is 10.9 Å². The van der Waals surface area contributed by atoms with Gasteiger partial charge >= 0.3 is 0 Å². The molecule has 1 atom stereocenters. The van der Waals surface area contributed by atoms with Crippen molar-refractivity contribution in [2.24, 2.45) is 0 Å². The highest BCUT2D eigenvalue weighted by Crippen LogP contribution is 2.30. The van der Waals surface area contributed by atoms with Crippen molar-refractivity contribution in [3.63, 3.8) is 0 Å². The molecule has 4 aromatic rings. The summed E-state index contributed by atoms with van der Waals surface area (Å²) in [5, 5.41) is 13.9. The summed E-state index contributed by atoms with van der Waals surface area (Å²) in [5.41, 5.74) is 4.23. The van der Waals surface area contributed by atoms with Gasteiger partial charge in [-0.25, -0.2) is 4.98 Å². The molecule has 0 aliphatic carbocycles. The maximum atomic E-state index is 12.9. The van der Waals surface area contributed by atoms with Gasteiger partial charge in [0.05, 0.1) is 27.7 Å². The van der Waals surface area contributed by atoms with Crippen molar-refractivity contribution in [3.8, 4) is 5.69 Å². The lowest BCUT2D eigenvalue weighted by molar-refractivity contribution is -0.130. The summed E-state index contributed by atoms with van der Waals surface area (Å²) in [7, 11) is 0. The molecule has 1 saturated heterocycles. The van der Waals surface area contributed by atoms with E-state index in [2.05, 4.69) is 63.7 Å². The van der Waals surface area contributed by atoms with E-state index in [1.807, 2.05) is 24.8 Å². The fraction of sp³-hybridized carbons (Fsp3) is 0.375. The van der Waals surface area contributed by atoms with Crippen molar-refractivity contribution in [1.29, 1.82) is 0 Å². The van der Waals surface area contributed by atoms with Gasteiger partial charge in [0.25, 0.3) is 0 Å². The van der Waals surface area contributed by atoms with Crippen molar-refractivity contribution in [3.05, 3.63) is 58.6 Å². The number of thiazole rings is 1. The molecule has 5 rings (SSSR count). The number of aromatic nitrogens is 5. The van der Waals surface area contributed by atoms with Gasteiger partial charge in [-0.15, -0.1) is 16.4 Å². The summed E-state index contributed by atoms with van der Waals surface area (Å²) in [4.78, 5) is 22.1. The lowest BCUT2D eigenvalue weighted by Gasteiger charge is -2.37. The second kappa shape index (κ2) is 9.81. The van der Waals surface area contributed by atoms with Crippen LogP contribution in [0, 0.1) is 13.8 Å². The average molecular weight is 494 g/mol. The van der Waals surface area contributed by atoms with Crippen LogP contribution in [0.5, 0.6) is 0 Å².